The van der Waals surface area contributed by atoms with Gasteiger partial charge in [-0.25, -0.2) is 12.8 Å². The number of hydrogen-bond donors (Lipinski definition) is 0. The van der Waals surface area contributed by atoms with Crippen LogP contribution in [-0.4, -0.2) is 45.4 Å². The highest BCUT2D eigenvalue weighted by atomic mass is 35.5. The average molecular weight is 310 g/mol. The molecule has 0 spiro atoms. The Labute approximate surface area is 118 Å². The summed E-state index contributed by atoms with van der Waals surface area (Å²) >= 11 is 5.63. The summed E-state index contributed by atoms with van der Waals surface area (Å²) in [5, 5.41) is 0. The lowest BCUT2D eigenvalue weighted by atomic mass is 10.2. The first-order chi connectivity index (χ1) is 8.93. The van der Waals surface area contributed by atoms with Gasteiger partial charge in [0.25, 0.3) is 0 Å². The predicted octanol–water partition coefficient (Wildman–Crippen LogP) is 2.01. The Kier molecular flexibility index (Phi) is 6.19. The number of aryl methyl sites for hydroxylation is 1. The van der Waals surface area contributed by atoms with E-state index in [9.17, 15) is 12.8 Å². The first-order valence-electron chi connectivity index (χ1n) is 5.74. The van der Waals surface area contributed by atoms with E-state index in [-0.39, 0.29) is 30.5 Å². The van der Waals surface area contributed by atoms with Crippen molar-refractivity contribution in [1.82, 2.24) is 4.31 Å². The molecule has 0 saturated heterocycles. The van der Waals surface area contributed by atoms with Gasteiger partial charge in [-0.15, -0.1) is 11.6 Å². The van der Waals surface area contributed by atoms with Gasteiger partial charge < -0.3 is 4.74 Å². The molecule has 0 saturated carbocycles. The quantitative estimate of drug-likeness (QED) is 0.724. The molecule has 0 bridgehead atoms. The van der Waals surface area contributed by atoms with Crippen LogP contribution in [0.5, 0.6) is 0 Å². The zero-order valence-corrected chi connectivity index (χ0v) is 12.5. The molecule has 0 radical (unpaired) electrons. The van der Waals surface area contributed by atoms with Gasteiger partial charge in [0, 0.05) is 26.1 Å². The molecule has 0 aromatic heterocycles. The molecule has 0 fully saturated rings. The lowest BCUT2D eigenvalue weighted by molar-refractivity contribution is 0.180. The normalized spacial score (nSPS) is 12.1. The summed E-state index contributed by atoms with van der Waals surface area (Å²) in [4.78, 5) is 0.0927. The zero-order chi connectivity index (χ0) is 14.5. The monoisotopic (exact) mass is 309 g/mol. The van der Waals surface area contributed by atoms with E-state index in [1.54, 1.807) is 6.92 Å². The van der Waals surface area contributed by atoms with Crippen molar-refractivity contribution in [1.29, 1.82) is 0 Å². The predicted molar refractivity (Wildman–Crippen MR) is 72.5 cm³/mol. The van der Waals surface area contributed by atoms with E-state index in [4.69, 9.17) is 16.3 Å². The molecule has 0 aliphatic heterocycles. The van der Waals surface area contributed by atoms with E-state index in [0.717, 1.165) is 6.07 Å². The van der Waals surface area contributed by atoms with E-state index in [1.165, 1.54) is 23.5 Å². The molecular formula is C12H17ClFNO3S. The lowest BCUT2D eigenvalue weighted by Gasteiger charge is -2.21. The summed E-state index contributed by atoms with van der Waals surface area (Å²) in [5.74, 6) is -0.277. The van der Waals surface area contributed by atoms with E-state index < -0.39 is 15.8 Å². The Morgan fingerprint density at radius 2 is 2.05 bits per heavy atom. The topological polar surface area (TPSA) is 46.6 Å². The Bertz CT molecular complexity index is 522. The molecule has 108 valence electrons. The molecule has 0 atom stereocenters. The molecule has 0 amide bonds. The van der Waals surface area contributed by atoms with Gasteiger partial charge in [0.2, 0.25) is 10.0 Å². The van der Waals surface area contributed by atoms with Crippen molar-refractivity contribution in [2.45, 2.75) is 11.8 Å². The van der Waals surface area contributed by atoms with E-state index in [1.807, 2.05) is 0 Å². The Hall–Kier alpha value is -0.690. The smallest absolute Gasteiger partial charge is 0.243 e. The van der Waals surface area contributed by atoms with Crippen molar-refractivity contribution in [2.75, 3.05) is 32.7 Å². The van der Waals surface area contributed by atoms with Crippen LogP contribution in [0.25, 0.3) is 0 Å². The standard InChI is InChI=1S/C12H17ClFNO3S/c1-10-9-11(14)3-4-12(10)19(16,17)15(6-5-13)7-8-18-2/h3-4,9H,5-8H2,1-2H3. The molecule has 19 heavy (non-hydrogen) atoms. The molecule has 4 nitrogen and oxygen atoms in total. The highest BCUT2D eigenvalue weighted by molar-refractivity contribution is 7.89. The van der Waals surface area contributed by atoms with Gasteiger partial charge in [-0.2, -0.15) is 4.31 Å². The fourth-order valence-electron chi connectivity index (χ4n) is 1.68. The second-order valence-electron chi connectivity index (χ2n) is 4.00. The van der Waals surface area contributed by atoms with Crippen LogP contribution < -0.4 is 0 Å². The molecular weight excluding hydrogens is 293 g/mol. The van der Waals surface area contributed by atoms with Gasteiger partial charge in [-0.3, -0.25) is 0 Å². The number of methoxy groups -OCH3 is 1. The van der Waals surface area contributed by atoms with Crippen LogP contribution in [0.3, 0.4) is 0 Å². The van der Waals surface area contributed by atoms with E-state index >= 15 is 0 Å². The highest BCUT2D eigenvalue weighted by Gasteiger charge is 2.25. The van der Waals surface area contributed by atoms with Crippen molar-refractivity contribution in [3.05, 3.63) is 29.6 Å². The van der Waals surface area contributed by atoms with Gasteiger partial charge in [0.1, 0.15) is 5.82 Å². The van der Waals surface area contributed by atoms with Crippen molar-refractivity contribution in [3.8, 4) is 0 Å². The largest absolute Gasteiger partial charge is 0.383 e. The van der Waals surface area contributed by atoms with E-state index in [2.05, 4.69) is 0 Å². The first-order valence-corrected chi connectivity index (χ1v) is 7.72. The molecule has 0 aliphatic rings. The summed E-state index contributed by atoms with van der Waals surface area (Å²) in [6.07, 6.45) is 0. The second kappa shape index (κ2) is 7.19. The van der Waals surface area contributed by atoms with Crippen molar-refractivity contribution in [2.24, 2.45) is 0 Å². The molecule has 1 aromatic rings. The van der Waals surface area contributed by atoms with Gasteiger partial charge in [0.15, 0.2) is 0 Å². The average Bonchev–Trinajstić information content (AvgIpc) is 2.33. The van der Waals surface area contributed by atoms with Gasteiger partial charge >= 0.3 is 0 Å². The molecule has 0 N–H and O–H groups in total. The Morgan fingerprint density at radius 3 is 2.58 bits per heavy atom. The number of halogens is 2. The maximum absolute atomic E-state index is 13.0. The number of alkyl halides is 1. The summed E-state index contributed by atoms with van der Waals surface area (Å²) < 4.78 is 44.1. The van der Waals surface area contributed by atoms with Crippen LogP contribution in [0, 0.1) is 12.7 Å². The Morgan fingerprint density at radius 1 is 1.37 bits per heavy atom. The minimum Gasteiger partial charge on any atom is -0.383 e. The molecule has 1 aromatic carbocycles. The molecule has 0 heterocycles. The van der Waals surface area contributed by atoms with Crippen LogP contribution in [0.1, 0.15) is 5.56 Å². The third-order valence-corrected chi connectivity index (χ3v) is 4.86. The van der Waals surface area contributed by atoms with Crippen LogP contribution >= 0.6 is 11.6 Å². The number of nitrogens with zero attached hydrogens (tertiary/aromatic N) is 1. The maximum atomic E-state index is 13.0. The third kappa shape index (κ3) is 4.14. The summed E-state index contributed by atoms with van der Waals surface area (Å²) in [7, 11) is -2.19. The number of hydrogen-bond acceptors (Lipinski definition) is 3. The van der Waals surface area contributed by atoms with Gasteiger partial charge in [-0.1, -0.05) is 0 Å². The first kappa shape index (κ1) is 16.4. The summed E-state index contributed by atoms with van der Waals surface area (Å²) in [6.45, 7) is 2.23. The van der Waals surface area contributed by atoms with Crippen LogP contribution in [0.15, 0.2) is 23.1 Å². The van der Waals surface area contributed by atoms with Crippen LogP contribution in [0.4, 0.5) is 4.39 Å². The highest BCUT2D eigenvalue weighted by Crippen LogP contribution is 2.20. The lowest BCUT2D eigenvalue weighted by Crippen LogP contribution is -2.35. The molecule has 0 aliphatic carbocycles. The SMILES string of the molecule is COCCN(CCCl)S(=O)(=O)c1ccc(F)cc1C. The minimum atomic E-state index is -3.68. The minimum absolute atomic E-state index is 0.0927. The van der Waals surface area contributed by atoms with Crippen LogP contribution in [0.2, 0.25) is 0 Å². The maximum Gasteiger partial charge on any atom is 0.243 e. The fourth-order valence-corrected chi connectivity index (χ4v) is 3.62. The number of ether oxygens (including phenoxy) is 1. The zero-order valence-electron chi connectivity index (χ0n) is 10.9. The van der Waals surface area contributed by atoms with Crippen molar-refractivity contribution < 1.29 is 17.5 Å². The molecule has 1 rings (SSSR count). The van der Waals surface area contributed by atoms with E-state index in [0.29, 0.717) is 5.56 Å². The van der Waals surface area contributed by atoms with Crippen LogP contribution in [-0.2, 0) is 14.8 Å². The second-order valence-corrected chi connectivity index (χ2v) is 6.28. The Balaban J connectivity index is 3.11. The molecule has 7 heteroatoms. The number of benzene rings is 1. The number of sulfonamides is 1. The number of rotatable bonds is 7. The third-order valence-electron chi connectivity index (χ3n) is 2.63. The van der Waals surface area contributed by atoms with Gasteiger partial charge in [-0.05, 0) is 30.7 Å². The van der Waals surface area contributed by atoms with Crippen molar-refractivity contribution >= 4 is 21.6 Å². The summed E-state index contributed by atoms with van der Waals surface area (Å²) in [6, 6.07) is 3.60. The molecule has 0 unspecified atom stereocenters. The van der Waals surface area contributed by atoms with Crippen molar-refractivity contribution in [3.63, 3.8) is 0 Å². The summed E-state index contributed by atoms with van der Waals surface area (Å²) in [5.41, 5.74) is 0.372. The fraction of sp³-hybridized carbons (Fsp3) is 0.500. The van der Waals surface area contributed by atoms with Gasteiger partial charge in [0.05, 0.1) is 11.5 Å².